The maximum Gasteiger partial charge on any atom is 0.239 e. The molecule has 1 aromatic carbocycles. The Morgan fingerprint density at radius 3 is 2.23 bits per heavy atom. The van der Waals surface area contributed by atoms with Gasteiger partial charge in [-0.05, 0) is 93.1 Å². The molecule has 0 radical (unpaired) electrons. The Labute approximate surface area is 180 Å². The molecule has 0 spiro atoms. The molecule has 5 aliphatic rings. The van der Waals surface area contributed by atoms with Gasteiger partial charge < -0.3 is 5.32 Å². The third-order valence-corrected chi connectivity index (χ3v) is 10.4. The van der Waals surface area contributed by atoms with Crippen LogP contribution in [0.5, 0.6) is 0 Å². The van der Waals surface area contributed by atoms with Gasteiger partial charge in [-0.2, -0.15) is 4.31 Å². The van der Waals surface area contributed by atoms with Crippen molar-refractivity contribution in [2.45, 2.75) is 77.4 Å². The van der Waals surface area contributed by atoms with Gasteiger partial charge >= 0.3 is 0 Å². The number of hydrogen-bond donors (Lipinski definition) is 1. The summed E-state index contributed by atoms with van der Waals surface area (Å²) < 4.78 is 27.1. The average Bonchev–Trinajstić information content (AvgIpc) is 2.71. The third-order valence-electron chi connectivity index (χ3n) is 8.59. The Bertz CT molecular complexity index is 906. The second-order valence-corrected chi connectivity index (χ2v) is 12.7. The summed E-state index contributed by atoms with van der Waals surface area (Å²) in [5.41, 5.74) is 2.31. The van der Waals surface area contributed by atoms with Crippen molar-refractivity contribution in [2.75, 3.05) is 5.75 Å². The minimum atomic E-state index is -3.47. The van der Waals surface area contributed by atoms with E-state index < -0.39 is 16.1 Å². The van der Waals surface area contributed by atoms with E-state index in [0.717, 1.165) is 28.9 Å². The first-order valence-corrected chi connectivity index (χ1v) is 13.3. The lowest BCUT2D eigenvalue weighted by molar-refractivity contribution is -0.130. The number of nitrogens with one attached hydrogen (secondary N) is 1. The normalized spacial score (nSPS) is 36.3. The van der Waals surface area contributed by atoms with Crippen LogP contribution in [0.3, 0.4) is 0 Å². The fourth-order valence-electron chi connectivity index (χ4n) is 7.35. The molecule has 1 aromatic rings. The zero-order chi connectivity index (χ0) is 21.1. The molecule has 0 aromatic heterocycles. The number of rotatable bonds is 5. The highest BCUT2D eigenvalue weighted by Crippen LogP contribution is 2.61. The predicted molar refractivity (Wildman–Crippen MR) is 117 cm³/mol. The Kier molecular flexibility index (Phi) is 5.01. The van der Waals surface area contributed by atoms with Crippen LogP contribution in [-0.2, 0) is 27.8 Å². The molecule has 4 bridgehead atoms. The molecule has 2 atom stereocenters. The van der Waals surface area contributed by atoms with E-state index in [0.29, 0.717) is 6.42 Å². The van der Waals surface area contributed by atoms with Gasteiger partial charge in [-0.3, -0.25) is 4.79 Å². The molecular weight excluding hydrogens is 396 g/mol. The molecular formula is C24H34N2O3S. The summed E-state index contributed by atoms with van der Waals surface area (Å²) in [6, 6.07) is 7.34. The van der Waals surface area contributed by atoms with Crippen LogP contribution in [0.25, 0.3) is 0 Å². The fraction of sp³-hybridized carbons (Fsp3) is 0.708. The highest BCUT2D eigenvalue weighted by Gasteiger charge is 2.53. The lowest BCUT2D eigenvalue weighted by Gasteiger charge is -2.59. The van der Waals surface area contributed by atoms with Crippen LogP contribution < -0.4 is 5.32 Å². The van der Waals surface area contributed by atoms with Crippen LogP contribution in [0, 0.1) is 23.2 Å². The quantitative estimate of drug-likeness (QED) is 0.778. The Morgan fingerprint density at radius 1 is 1.10 bits per heavy atom. The molecule has 6 heteroatoms. The van der Waals surface area contributed by atoms with Gasteiger partial charge in [0.25, 0.3) is 0 Å². The number of carbonyl (C=O) groups excluding carboxylic acids is 1. The van der Waals surface area contributed by atoms with Crippen LogP contribution >= 0.6 is 0 Å². The number of carbonyl (C=O) groups is 1. The largest absolute Gasteiger partial charge is 0.352 e. The van der Waals surface area contributed by atoms with Gasteiger partial charge in [-0.1, -0.05) is 24.3 Å². The van der Waals surface area contributed by atoms with Crippen LogP contribution in [0.2, 0.25) is 0 Å². The topological polar surface area (TPSA) is 66.5 Å². The number of fused-ring (bicyclic) bond motifs is 1. The molecule has 4 fully saturated rings. The number of sulfonamides is 1. The van der Waals surface area contributed by atoms with Gasteiger partial charge in [0.15, 0.2) is 0 Å². The maximum atomic E-state index is 13.5. The summed E-state index contributed by atoms with van der Waals surface area (Å²) >= 11 is 0. The highest BCUT2D eigenvalue weighted by atomic mass is 32.2. The summed E-state index contributed by atoms with van der Waals surface area (Å²) in [7, 11) is -3.47. The van der Waals surface area contributed by atoms with Gasteiger partial charge in [0.1, 0.15) is 6.04 Å². The SMILES string of the molecule is CCS(=O)(=O)N1Cc2ccccc2C[C@@H]1C(=O)N[C@@H](C)C12CC3CC(CC(C3)C1)C2. The maximum absolute atomic E-state index is 13.5. The molecule has 0 unspecified atom stereocenters. The van der Waals surface area contributed by atoms with Gasteiger partial charge in [-0.15, -0.1) is 0 Å². The molecule has 4 aliphatic carbocycles. The van der Waals surface area contributed by atoms with E-state index in [9.17, 15) is 13.2 Å². The molecule has 4 saturated carbocycles. The van der Waals surface area contributed by atoms with Crippen LogP contribution in [0.4, 0.5) is 0 Å². The number of nitrogens with zero attached hydrogens (tertiary/aromatic N) is 1. The van der Waals surface area contributed by atoms with E-state index in [4.69, 9.17) is 0 Å². The number of amides is 1. The van der Waals surface area contributed by atoms with Crippen LogP contribution in [-0.4, -0.2) is 36.5 Å². The molecule has 1 heterocycles. The van der Waals surface area contributed by atoms with Crippen LogP contribution in [0.15, 0.2) is 24.3 Å². The Balaban J connectivity index is 1.38. The van der Waals surface area contributed by atoms with E-state index in [1.807, 2.05) is 24.3 Å². The van der Waals surface area contributed by atoms with Crippen molar-refractivity contribution < 1.29 is 13.2 Å². The monoisotopic (exact) mass is 430 g/mol. The first kappa shape index (κ1) is 20.5. The predicted octanol–water partition coefficient (Wildman–Crippen LogP) is 3.48. The van der Waals surface area contributed by atoms with Gasteiger partial charge in [0.2, 0.25) is 15.9 Å². The summed E-state index contributed by atoms with van der Waals surface area (Å²) in [6.07, 6.45) is 8.27. The van der Waals surface area contributed by atoms with Crippen molar-refractivity contribution in [3.8, 4) is 0 Å². The molecule has 30 heavy (non-hydrogen) atoms. The van der Waals surface area contributed by atoms with Crippen molar-refractivity contribution in [1.29, 1.82) is 0 Å². The average molecular weight is 431 g/mol. The number of hydrogen-bond acceptors (Lipinski definition) is 3. The van der Waals surface area contributed by atoms with E-state index in [1.165, 1.54) is 42.8 Å². The lowest BCUT2D eigenvalue weighted by atomic mass is 9.48. The first-order chi connectivity index (χ1) is 14.3. The standard InChI is InChI=1S/C24H34N2O3S/c1-3-30(28,29)26-15-21-7-5-4-6-20(21)11-22(26)23(27)25-16(2)24-12-17-8-18(13-24)10-19(9-17)14-24/h4-7,16-19,22H,3,8-15H2,1-2H3,(H,25,27)/t16-,17?,18?,19?,22+,24?/m0/s1. The Morgan fingerprint density at radius 2 is 1.67 bits per heavy atom. The second kappa shape index (κ2) is 7.33. The minimum absolute atomic E-state index is 0.0173. The molecule has 1 N–H and O–H groups in total. The highest BCUT2D eigenvalue weighted by molar-refractivity contribution is 7.89. The van der Waals surface area contributed by atoms with Crippen molar-refractivity contribution in [3.05, 3.63) is 35.4 Å². The summed E-state index contributed by atoms with van der Waals surface area (Å²) in [6.45, 7) is 4.11. The first-order valence-electron chi connectivity index (χ1n) is 11.7. The van der Waals surface area contributed by atoms with Crippen molar-refractivity contribution in [2.24, 2.45) is 23.2 Å². The zero-order valence-electron chi connectivity index (χ0n) is 18.1. The summed E-state index contributed by atoms with van der Waals surface area (Å²) in [5, 5.41) is 3.32. The van der Waals surface area contributed by atoms with Crippen molar-refractivity contribution in [1.82, 2.24) is 9.62 Å². The zero-order valence-corrected chi connectivity index (χ0v) is 19.0. The lowest BCUT2D eigenvalue weighted by Crippen LogP contribution is -2.59. The smallest absolute Gasteiger partial charge is 0.239 e. The fourth-order valence-corrected chi connectivity index (χ4v) is 8.58. The van der Waals surface area contributed by atoms with Crippen LogP contribution in [0.1, 0.15) is 63.5 Å². The molecule has 6 rings (SSSR count). The summed E-state index contributed by atoms with van der Waals surface area (Å²) in [4.78, 5) is 13.5. The molecule has 0 saturated heterocycles. The van der Waals surface area contributed by atoms with E-state index >= 15 is 0 Å². The minimum Gasteiger partial charge on any atom is -0.352 e. The van der Waals surface area contributed by atoms with E-state index in [2.05, 4.69) is 12.2 Å². The van der Waals surface area contributed by atoms with Gasteiger partial charge in [0.05, 0.1) is 5.75 Å². The molecule has 1 amide bonds. The molecule has 5 nitrogen and oxygen atoms in total. The number of benzene rings is 1. The third kappa shape index (κ3) is 3.40. The van der Waals surface area contributed by atoms with Crippen molar-refractivity contribution in [3.63, 3.8) is 0 Å². The molecule has 1 aliphatic heterocycles. The molecule has 164 valence electrons. The Hall–Kier alpha value is -1.40. The summed E-state index contributed by atoms with van der Waals surface area (Å²) in [5.74, 6) is 2.38. The van der Waals surface area contributed by atoms with Crippen molar-refractivity contribution >= 4 is 15.9 Å². The van der Waals surface area contributed by atoms with E-state index in [1.54, 1.807) is 6.92 Å². The van der Waals surface area contributed by atoms with Gasteiger partial charge in [-0.25, -0.2) is 8.42 Å². The second-order valence-electron chi connectivity index (χ2n) is 10.4. The van der Waals surface area contributed by atoms with E-state index in [-0.39, 0.29) is 29.7 Å². The van der Waals surface area contributed by atoms with Gasteiger partial charge in [0, 0.05) is 12.6 Å².